The molecule has 1 fully saturated rings. The van der Waals surface area contributed by atoms with Crippen LogP contribution in [0.1, 0.15) is 25.3 Å². The SMILES string of the molecule is CC(NC(=O)NCc1ccc2c(c1)OCO2)C1CCCO1. The van der Waals surface area contributed by atoms with Gasteiger partial charge in [0.2, 0.25) is 6.79 Å². The lowest BCUT2D eigenvalue weighted by atomic mass is 10.1. The Hall–Kier alpha value is -1.95. The predicted octanol–water partition coefficient (Wildman–Crippen LogP) is 1.78. The average molecular weight is 292 g/mol. The van der Waals surface area contributed by atoms with E-state index in [4.69, 9.17) is 14.2 Å². The third-order valence-corrected chi connectivity index (χ3v) is 3.77. The number of benzene rings is 1. The number of rotatable bonds is 4. The monoisotopic (exact) mass is 292 g/mol. The van der Waals surface area contributed by atoms with E-state index in [0.29, 0.717) is 6.54 Å². The second kappa shape index (κ2) is 6.22. The number of hydrogen-bond acceptors (Lipinski definition) is 4. The maximum atomic E-state index is 11.9. The van der Waals surface area contributed by atoms with Crippen molar-refractivity contribution in [2.45, 2.75) is 38.5 Å². The van der Waals surface area contributed by atoms with Crippen molar-refractivity contribution in [3.05, 3.63) is 23.8 Å². The Labute approximate surface area is 123 Å². The molecule has 21 heavy (non-hydrogen) atoms. The summed E-state index contributed by atoms with van der Waals surface area (Å²) in [6.07, 6.45) is 2.19. The first kappa shape index (κ1) is 14.0. The topological polar surface area (TPSA) is 68.8 Å². The summed E-state index contributed by atoms with van der Waals surface area (Å²) in [4.78, 5) is 11.9. The number of ether oxygens (including phenoxy) is 3. The smallest absolute Gasteiger partial charge is 0.315 e. The van der Waals surface area contributed by atoms with E-state index in [1.54, 1.807) is 0 Å². The van der Waals surface area contributed by atoms with Gasteiger partial charge in [0.15, 0.2) is 11.5 Å². The van der Waals surface area contributed by atoms with Crippen molar-refractivity contribution in [1.29, 1.82) is 0 Å². The number of hydrogen-bond donors (Lipinski definition) is 2. The summed E-state index contributed by atoms with van der Waals surface area (Å²) in [5, 5.41) is 5.76. The molecule has 0 saturated carbocycles. The van der Waals surface area contributed by atoms with Gasteiger partial charge >= 0.3 is 6.03 Å². The van der Waals surface area contributed by atoms with Crippen LogP contribution in [-0.2, 0) is 11.3 Å². The van der Waals surface area contributed by atoms with Gasteiger partial charge in [0.25, 0.3) is 0 Å². The normalized spacial score (nSPS) is 21.1. The number of amides is 2. The summed E-state index contributed by atoms with van der Waals surface area (Å²) < 4.78 is 16.1. The van der Waals surface area contributed by atoms with Crippen LogP contribution >= 0.6 is 0 Å². The molecule has 3 rings (SSSR count). The molecule has 0 bridgehead atoms. The lowest BCUT2D eigenvalue weighted by molar-refractivity contribution is 0.0860. The van der Waals surface area contributed by atoms with E-state index in [1.807, 2.05) is 25.1 Å². The highest BCUT2D eigenvalue weighted by molar-refractivity contribution is 5.74. The Balaban J connectivity index is 1.47. The van der Waals surface area contributed by atoms with Crippen molar-refractivity contribution in [2.75, 3.05) is 13.4 Å². The van der Waals surface area contributed by atoms with Crippen molar-refractivity contribution in [1.82, 2.24) is 10.6 Å². The van der Waals surface area contributed by atoms with Crippen LogP contribution in [-0.4, -0.2) is 31.6 Å². The molecule has 1 saturated heterocycles. The van der Waals surface area contributed by atoms with Crippen LogP contribution in [0.2, 0.25) is 0 Å². The van der Waals surface area contributed by atoms with Crippen LogP contribution in [0.15, 0.2) is 18.2 Å². The number of carbonyl (C=O) groups excluding carboxylic acids is 1. The fourth-order valence-electron chi connectivity index (χ4n) is 2.58. The summed E-state index contributed by atoms with van der Waals surface area (Å²) >= 11 is 0. The fraction of sp³-hybridized carbons (Fsp3) is 0.533. The second-order valence-electron chi connectivity index (χ2n) is 5.35. The Bertz CT molecular complexity index is 514. The Kier molecular flexibility index (Phi) is 4.15. The molecule has 114 valence electrons. The van der Waals surface area contributed by atoms with Crippen molar-refractivity contribution in [2.24, 2.45) is 0 Å². The van der Waals surface area contributed by atoms with Crippen LogP contribution in [0, 0.1) is 0 Å². The highest BCUT2D eigenvalue weighted by atomic mass is 16.7. The molecule has 1 aromatic carbocycles. The maximum absolute atomic E-state index is 11.9. The minimum atomic E-state index is -0.185. The van der Waals surface area contributed by atoms with Gasteiger partial charge in [-0.15, -0.1) is 0 Å². The summed E-state index contributed by atoms with van der Waals surface area (Å²) in [5.41, 5.74) is 0.971. The third-order valence-electron chi connectivity index (χ3n) is 3.77. The summed E-state index contributed by atoms with van der Waals surface area (Å²) in [6.45, 7) is 3.46. The molecular weight excluding hydrogens is 272 g/mol. The molecule has 2 amide bonds. The zero-order valence-electron chi connectivity index (χ0n) is 12.1. The van der Waals surface area contributed by atoms with E-state index in [9.17, 15) is 4.79 Å². The Morgan fingerprint density at radius 3 is 3.05 bits per heavy atom. The van der Waals surface area contributed by atoms with Gasteiger partial charge in [-0.2, -0.15) is 0 Å². The average Bonchev–Trinajstić information content (AvgIpc) is 3.15. The van der Waals surface area contributed by atoms with Gasteiger partial charge in [-0.1, -0.05) is 6.07 Å². The van der Waals surface area contributed by atoms with Gasteiger partial charge in [0, 0.05) is 13.2 Å². The lowest BCUT2D eigenvalue weighted by Gasteiger charge is -2.20. The molecule has 0 spiro atoms. The molecule has 2 N–H and O–H groups in total. The van der Waals surface area contributed by atoms with Crippen LogP contribution in [0.4, 0.5) is 4.79 Å². The summed E-state index contributed by atoms with van der Waals surface area (Å²) in [6, 6.07) is 5.48. The molecule has 0 radical (unpaired) electrons. The van der Waals surface area contributed by atoms with Gasteiger partial charge in [0.05, 0.1) is 12.1 Å². The number of nitrogens with one attached hydrogen (secondary N) is 2. The Morgan fingerprint density at radius 1 is 1.38 bits per heavy atom. The lowest BCUT2D eigenvalue weighted by Crippen LogP contribution is -2.45. The molecule has 2 atom stereocenters. The van der Waals surface area contributed by atoms with Crippen LogP contribution in [0.3, 0.4) is 0 Å². The van der Waals surface area contributed by atoms with Gasteiger partial charge < -0.3 is 24.8 Å². The van der Waals surface area contributed by atoms with Gasteiger partial charge in [-0.05, 0) is 37.5 Å². The number of urea groups is 1. The molecule has 2 heterocycles. The minimum Gasteiger partial charge on any atom is -0.454 e. The molecule has 6 heteroatoms. The maximum Gasteiger partial charge on any atom is 0.315 e. The van der Waals surface area contributed by atoms with Crippen molar-refractivity contribution < 1.29 is 19.0 Å². The van der Waals surface area contributed by atoms with E-state index in [0.717, 1.165) is 36.5 Å². The molecule has 0 aromatic heterocycles. The molecule has 6 nitrogen and oxygen atoms in total. The molecule has 1 aromatic rings. The first-order valence-electron chi connectivity index (χ1n) is 7.27. The number of fused-ring (bicyclic) bond motifs is 1. The van der Waals surface area contributed by atoms with Gasteiger partial charge in [-0.3, -0.25) is 0 Å². The summed E-state index contributed by atoms with van der Waals surface area (Å²) in [5.74, 6) is 1.47. The molecule has 2 aliphatic heterocycles. The first-order valence-corrected chi connectivity index (χ1v) is 7.27. The quantitative estimate of drug-likeness (QED) is 0.887. The minimum absolute atomic E-state index is 0.0178. The van der Waals surface area contributed by atoms with E-state index in [-0.39, 0.29) is 25.0 Å². The zero-order chi connectivity index (χ0) is 14.7. The van der Waals surface area contributed by atoms with Crippen LogP contribution in [0.5, 0.6) is 11.5 Å². The van der Waals surface area contributed by atoms with E-state index in [2.05, 4.69) is 10.6 Å². The van der Waals surface area contributed by atoms with E-state index in [1.165, 1.54) is 0 Å². The van der Waals surface area contributed by atoms with Crippen molar-refractivity contribution in [3.8, 4) is 11.5 Å². The van der Waals surface area contributed by atoms with Crippen LogP contribution < -0.4 is 20.1 Å². The molecule has 2 unspecified atom stereocenters. The standard InChI is InChI=1S/C15H20N2O4/c1-10(12-3-2-6-19-12)17-15(18)16-8-11-4-5-13-14(7-11)21-9-20-13/h4-5,7,10,12H,2-3,6,8-9H2,1H3,(H2,16,17,18). The van der Waals surface area contributed by atoms with E-state index >= 15 is 0 Å². The Morgan fingerprint density at radius 2 is 2.24 bits per heavy atom. The van der Waals surface area contributed by atoms with Crippen LogP contribution in [0.25, 0.3) is 0 Å². The van der Waals surface area contributed by atoms with Crippen molar-refractivity contribution >= 4 is 6.03 Å². The molecule has 2 aliphatic rings. The molecular formula is C15H20N2O4. The highest BCUT2D eigenvalue weighted by Crippen LogP contribution is 2.32. The summed E-state index contributed by atoms with van der Waals surface area (Å²) in [7, 11) is 0. The van der Waals surface area contributed by atoms with Gasteiger partial charge in [-0.25, -0.2) is 4.79 Å². The first-order chi connectivity index (χ1) is 10.2. The van der Waals surface area contributed by atoms with Gasteiger partial charge in [0.1, 0.15) is 0 Å². The highest BCUT2D eigenvalue weighted by Gasteiger charge is 2.23. The van der Waals surface area contributed by atoms with Crippen molar-refractivity contribution in [3.63, 3.8) is 0 Å². The predicted molar refractivity (Wildman–Crippen MR) is 76.4 cm³/mol. The third kappa shape index (κ3) is 3.39. The second-order valence-corrected chi connectivity index (χ2v) is 5.35. The van der Waals surface area contributed by atoms with E-state index < -0.39 is 0 Å². The molecule has 0 aliphatic carbocycles. The largest absolute Gasteiger partial charge is 0.454 e. The zero-order valence-corrected chi connectivity index (χ0v) is 12.1. The fourth-order valence-corrected chi connectivity index (χ4v) is 2.58. The number of carbonyl (C=O) groups is 1.